The number of halogens is 1. The molecule has 3 heterocycles. The van der Waals surface area contributed by atoms with Crippen molar-refractivity contribution in [3.8, 4) is 11.3 Å². The van der Waals surface area contributed by atoms with Gasteiger partial charge in [0.2, 0.25) is 0 Å². The molecule has 0 spiro atoms. The van der Waals surface area contributed by atoms with Crippen molar-refractivity contribution in [1.29, 1.82) is 0 Å². The second-order valence-electron chi connectivity index (χ2n) is 7.91. The molecule has 5 nitrogen and oxygen atoms in total. The van der Waals surface area contributed by atoms with E-state index in [4.69, 9.17) is 5.10 Å². The summed E-state index contributed by atoms with van der Waals surface area (Å²) in [5.41, 5.74) is 6.51. The Labute approximate surface area is 165 Å². The van der Waals surface area contributed by atoms with Gasteiger partial charge < -0.3 is 0 Å². The Balaban J connectivity index is 1.74. The molecule has 0 saturated carbocycles. The molecule has 3 aromatic heterocycles. The molecule has 144 valence electrons. The molecule has 0 N–H and O–H groups in total. The second-order valence-corrected chi connectivity index (χ2v) is 7.91. The van der Waals surface area contributed by atoms with Crippen LogP contribution in [0.2, 0.25) is 0 Å². The lowest BCUT2D eigenvalue weighted by Crippen LogP contribution is -2.18. The maximum atomic E-state index is 13.4. The largest absolute Gasteiger partial charge is 0.297 e. The molecule has 1 aromatic carbocycles. The fraction of sp³-hybridized carbons (Fsp3) is 0.261. The van der Waals surface area contributed by atoms with Gasteiger partial charge in [-0.15, -0.1) is 0 Å². The number of aromatic nitrogens is 3. The molecule has 0 atom stereocenters. The normalized spacial score (nSPS) is 16.4. The van der Waals surface area contributed by atoms with Gasteiger partial charge >= 0.3 is 0 Å². The van der Waals surface area contributed by atoms with Crippen LogP contribution in [0.4, 0.5) is 4.39 Å². The van der Waals surface area contributed by atoms with Gasteiger partial charge in [-0.25, -0.2) is 8.91 Å². The van der Waals surface area contributed by atoms with E-state index in [1.165, 1.54) is 12.1 Å². The van der Waals surface area contributed by atoms with E-state index in [-0.39, 0.29) is 17.4 Å². The van der Waals surface area contributed by atoms with Crippen LogP contribution in [0, 0.1) is 5.82 Å². The predicted octanol–water partition coefficient (Wildman–Crippen LogP) is 4.43. The SMILES string of the molecule is O=C1CCCc2c1cc1c3c(n4nc(-c5ccc(F)cc5)cc4n21)CCCC3=O. The van der Waals surface area contributed by atoms with Crippen LogP contribution in [0.25, 0.3) is 22.4 Å². The number of carbonyl (C=O) groups is 2. The van der Waals surface area contributed by atoms with Crippen LogP contribution in [0.1, 0.15) is 57.8 Å². The summed E-state index contributed by atoms with van der Waals surface area (Å²) >= 11 is 0. The van der Waals surface area contributed by atoms with E-state index in [0.29, 0.717) is 18.4 Å². The van der Waals surface area contributed by atoms with Gasteiger partial charge in [-0.3, -0.25) is 14.0 Å². The highest BCUT2D eigenvalue weighted by Crippen LogP contribution is 2.34. The third-order valence-electron chi connectivity index (χ3n) is 6.18. The first-order chi connectivity index (χ1) is 14.1. The highest BCUT2D eigenvalue weighted by atomic mass is 19.1. The Morgan fingerprint density at radius 3 is 2.38 bits per heavy atom. The molecule has 0 fully saturated rings. The average molecular weight is 387 g/mol. The summed E-state index contributed by atoms with van der Waals surface area (Å²) in [5, 5.41) is 4.79. The minimum absolute atomic E-state index is 0.110. The lowest BCUT2D eigenvalue weighted by molar-refractivity contribution is 0.0964. The Morgan fingerprint density at radius 2 is 1.59 bits per heavy atom. The summed E-state index contributed by atoms with van der Waals surface area (Å²) in [6.45, 7) is 0. The molecule has 0 radical (unpaired) electrons. The smallest absolute Gasteiger partial charge is 0.166 e. The Bertz CT molecular complexity index is 1340. The molecular weight excluding hydrogens is 369 g/mol. The van der Waals surface area contributed by atoms with Crippen molar-refractivity contribution in [3.63, 3.8) is 0 Å². The van der Waals surface area contributed by atoms with Crippen molar-refractivity contribution in [1.82, 2.24) is 14.0 Å². The molecule has 0 bridgehead atoms. The summed E-state index contributed by atoms with van der Waals surface area (Å²) in [5.74, 6) is -0.0384. The number of hydrogen-bond donors (Lipinski definition) is 0. The number of nitrogens with zero attached hydrogens (tertiary/aromatic N) is 3. The first kappa shape index (κ1) is 16.7. The van der Waals surface area contributed by atoms with Gasteiger partial charge in [0.25, 0.3) is 0 Å². The van der Waals surface area contributed by atoms with E-state index in [1.54, 1.807) is 12.1 Å². The van der Waals surface area contributed by atoms with Crippen LogP contribution in [-0.4, -0.2) is 25.6 Å². The Hall–Kier alpha value is -3.28. The van der Waals surface area contributed by atoms with Gasteiger partial charge in [0.05, 0.1) is 22.5 Å². The maximum Gasteiger partial charge on any atom is 0.166 e. The highest BCUT2D eigenvalue weighted by molar-refractivity contribution is 6.07. The van der Waals surface area contributed by atoms with Crippen LogP contribution < -0.4 is 0 Å². The topological polar surface area (TPSA) is 55.9 Å². The number of ketones is 2. The molecular formula is C23H18FN3O2. The monoisotopic (exact) mass is 387 g/mol. The molecule has 0 amide bonds. The van der Waals surface area contributed by atoms with Gasteiger partial charge in [-0.1, -0.05) is 0 Å². The molecule has 0 aliphatic heterocycles. The van der Waals surface area contributed by atoms with Crippen LogP contribution >= 0.6 is 0 Å². The zero-order valence-corrected chi connectivity index (χ0v) is 15.7. The predicted molar refractivity (Wildman–Crippen MR) is 106 cm³/mol. The van der Waals surface area contributed by atoms with E-state index in [1.807, 2.05) is 16.6 Å². The number of carbonyl (C=O) groups excluding carboxylic acids is 2. The lowest BCUT2D eigenvalue weighted by atomic mass is 9.94. The zero-order chi connectivity index (χ0) is 19.7. The third-order valence-corrected chi connectivity index (χ3v) is 6.18. The molecule has 6 rings (SSSR count). The van der Waals surface area contributed by atoms with Crippen molar-refractivity contribution < 1.29 is 14.0 Å². The number of rotatable bonds is 1. The molecule has 29 heavy (non-hydrogen) atoms. The van der Waals surface area contributed by atoms with E-state index in [9.17, 15) is 14.0 Å². The number of fused-ring (bicyclic) bond motifs is 8. The summed E-state index contributed by atoms with van der Waals surface area (Å²) in [4.78, 5) is 25.4. The van der Waals surface area contributed by atoms with E-state index in [0.717, 1.165) is 65.1 Å². The van der Waals surface area contributed by atoms with Crippen molar-refractivity contribution in [3.05, 3.63) is 64.7 Å². The minimum Gasteiger partial charge on any atom is -0.297 e. The average Bonchev–Trinajstić information content (AvgIpc) is 3.31. The van der Waals surface area contributed by atoms with E-state index < -0.39 is 0 Å². The molecule has 2 aliphatic rings. The Kier molecular flexibility index (Phi) is 3.37. The molecule has 2 aliphatic carbocycles. The van der Waals surface area contributed by atoms with Gasteiger partial charge in [-0.05, 0) is 56.0 Å². The quantitative estimate of drug-likeness (QED) is 0.485. The number of aryl methyl sites for hydroxylation is 2. The van der Waals surface area contributed by atoms with Crippen molar-refractivity contribution in [2.45, 2.75) is 38.5 Å². The van der Waals surface area contributed by atoms with Gasteiger partial charge in [0.15, 0.2) is 11.6 Å². The standard InChI is InChI=1S/C23H18FN3O2/c24-14-9-7-13(8-10-14)16-12-22-26-17-3-1-5-20(28)15(17)11-19(26)23-18(27(22)25-16)4-2-6-21(23)29/h7-12H,1-6H2. The summed E-state index contributed by atoms with van der Waals surface area (Å²) in [6, 6.07) is 10.1. The van der Waals surface area contributed by atoms with Crippen molar-refractivity contribution >= 4 is 22.7 Å². The fourth-order valence-electron chi connectivity index (χ4n) is 4.86. The van der Waals surface area contributed by atoms with Crippen molar-refractivity contribution in [2.75, 3.05) is 0 Å². The zero-order valence-electron chi connectivity index (χ0n) is 15.7. The molecule has 0 unspecified atom stereocenters. The van der Waals surface area contributed by atoms with Crippen LogP contribution in [0.3, 0.4) is 0 Å². The third kappa shape index (κ3) is 2.29. The first-order valence-electron chi connectivity index (χ1n) is 10.0. The van der Waals surface area contributed by atoms with Crippen LogP contribution in [0.15, 0.2) is 36.4 Å². The maximum absolute atomic E-state index is 13.4. The van der Waals surface area contributed by atoms with Gasteiger partial charge in [-0.2, -0.15) is 5.10 Å². The molecule has 0 saturated heterocycles. The lowest BCUT2D eigenvalue weighted by Gasteiger charge is -2.19. The number of hydrogen-bond acceptors (Lipinski definition) is 3. The van der Waals surface area contributed by atoms with Crippen LogP contribution in [-0.2, 0) is 12.8 Å². The van der Waals surface area contributed by atoms with Gasteiger partial charge in [0.1, 0.15) is 11.5 Å². The number of Topliss-reactive ketones (excluding diaryl/α,β-unsaturated/α-hetero) is 2. The fourth-order valence-corrected chi connectivity index (χ4v) is 4.86. The first-order valence-corrected chi connectivity index (χ1v) is 10.0. The minimum atomic E-state index is -0.291. The summed E-state index contributed by atoms with van der Waals surface area (Å²) < 4.78 is 17.3. The molecule has 4 aromatic rings. The Morgan fingerprint density at radius 1 is 0.862 bits per heavy atom. The highest BCUT2D eigenvalue weighted by Gasteiger charge is 2.30. The van der Waals surface area contributed by atoms with Gasteiger partial charge in [0, 0.05) is 35.7 Å². The molecule has 6 heteroatoms. The second kappa shape index (κ2) is 5.86. The van der Waals surface area contributed by atoms with Crippen molar-refractivity contribution in [2.24, 2.45) is 0 Å². The van der Waals surface area contributed by atoms with Crippen LogP contribution in [0.5, 0.6) is 0 Å². The summed E-state index contributed by atoms with van der Waals surface area (Å²) in [6.07, 6.45) is 4.24. The van der Waals surface area contributed by atoms with E-state index >= 15 is 0 Å². The number of benzene rings is 1. The van der Waals surface area contributed by atoms with E-state index in [2.05, 4.69) is 4.40 Å². The summed E-state index contributed by atoms with van der Waals surface area (Å²) in [7, 11) is 0.